The van der Waals surface area contributed by atoms with Crippen LogP contribution < -0.4 is 0 Å². The number of aliphatic hydroxyl groups is 2. The van der Waals surface area contributed by atoms with E-state index in [1.54, 1.807) is 11.3 Å². The van der Waals surface area contributed by atoms with Gasteiger partial charge in [0.05, 0.1) is 22.9 Å². The Balaban J connectivity index is 2.32. The minimum absolute atomic E-state index is 0.0387. The first-order chi connectivity index (χ1) is 13.1. The quantitative estimate of drug-likeness (QED) is 0.369. The van der Waals surface area contributed by atoms with Gasteiger partial charge in [-0.25, -0.2) is 4.98 Å². The van der Waals surface area contributed by atoms with Crippen LogP contribution in [0.1, 0.15) is 71.0 Å². The molecule has 0 saturated heterocycles. The van der Waals surface area contributed by atoms with Gasteiger partial charge in [0.15, 0.2) is 0 Å². The summed E-state index contributed by atoms with van der Waals surface area (Å²) in [4.78, 5) is 16.4. The van der Waals surface area contributed by atoms with Crippen LogP contribution in [0.2, 0.25) is 0 Å². The molecule has 0 bridgehead atoms. The Labute approximate surface area is 174 Å². The Morgan fingerprint density at radius 1 is 1.21 bits per heavy atom. The molecule has 4 atom stereocenters. The van der Waals surface area contributed by atoms with Crippen LogP contribution in [0.5, 0.6) is 0 Å². The summed E-state index contributed by atoms with van der Waals surface area (Å²) in [6.45, 7) is 11.5. The monoisotopic (exact) mass is 407 g/mol. The second kappa shape index (κ2) is 12.3. The number of ketones is 1. The largest absolute Gasteiger partial charge is 0.392 e. The fraction of sp³-hybridized carbons (Fsp3) is 0.652. The number of carbonyl (C=O) groups is 1. The van der Waals surface area contributed by atoms with Gasteiger partial charge in [0.1, 0.15) is 5.78 Å². The fourth-order valence-electron chi connectivity index (χ4n) is 3.22. The van der Waals surface area contributed by atoms with E-state index in [1.807, 2.05) is 59.1 Å². The zero-order valence-electron chi connectivity index (χ0n) is 18.2. The summed E-state index contributed by atoms with van der Waals surface area (Å²) in [6, 6.07) is 0. The number of unbranched alkanes of at least 4 members (excludes halogenated alkanes) is 1. The van der Waals surface area contributed by atoms with Gasteiger partial charge in [0.25, 0.3) is 0 Å². The van der Waals surface area contributed by atoms with Crippen LogP contribution in [0, 0.1) is 24.7 Å². The van der Waals surface area contributed by atoms with Gasteiger partial charge in [-0.1, -0.05) is 39.8 Å². The zero-order chi connectivity index (χ0) is 21.3. The predicted octanol–water partition coefficient (Wildman–Crippen LogP) is 5.19. The topological polar surface area (TPSA) is 70.4 Å². The number of rotatable bonds is 12. The number of aromatic nitrogens is 1. The number of hydrogen-bond donors (Lipinski definition) is 2. The van der Waals surface area contributed by atoms with Gasteiger partial charge >= 0.3 is 0 Å². The molecule has 2 N–H and O–H groups in total. The van der Waals surface area contributed by atoms with Crippen LogP contribution in [-0.2, 0) is 4.79 Å². The number of allylic oxidation sites excluding steroid dienone is 1. The van der Waals surface area contributed by atoms with E-state index in [0.717, 1.165) is 35.5 Å². The summed E-state index contributed by atoms with van der Waals surface area (Å²) in [5, 5.41) is 23.7. The molecule has 0 amide bonds. The SMILES string of the molecule is C/C(=C\c1csc(C)n1)C(O)C/C=C\CCC[C@H](C)[C@H](O)[C@@H](C)C(=O)C(C)C. The number of nitrogens with zero attached hydrogens (tertiary/aromatic N) is 1. The van der Waals surface area contributed by atoms with Crippen molar-refractivity contribution in [3.8, 4) is 0 Å². The number of Topliss-reactive ketones (excluding diaryl/α,β-unsaturated/α-hetero) is 1. The van der Waals surface area contributed by atoms with Crippen molar-refractivity contribution >= 4 is 23.2 Å². The van der Waals surface area contributed by atoms with Crippen molar-refractivity contribution in [1.29, 1.82) is 0 Å². The van der Waals surface area contributed by atoms with E-state index >= 15 is 0 Å². The third kappa shape index (κ3) is 8.38. The summed E-state index contributed by atoms with van der Waals surface area (Å²) >= 11 is 1.61. The smallest absolute Gasteiger partial charge is 0.140 e. The molecule has 1 rings (SSSR count). The summed E-state index contributed by atoms with van der Waals surface area (Å²) < 4.78 is 0. The van der Waals surface area contributed by atoms with E-state index in [1.165, 1.54) is 0 Å². The van der Waals surface area contributed by atoms with Crippen molar-refractivity contribution in [2.45, 2.75) is 79.4 Å². The lowest BCUT2D eigenvalue weighted by atomic mass is 9.84. The molecule has 0 saturated carbocycles. The highest BCUT2D eigenvalue weighted by Gasteiger charge is 2.27. The Morgan fingerprint density at radius 2 is 1.89 bits per heavy atom. The molecule has 4 nitrogen and oxygen atoms in total. The van der Waals surface area contributed by atoms with Gasteiger partial charge < -0.3 is 10.2 Å². The number of carbonyl (C=O) groups excluding carboxylic acids is 1. The van der Waals surface area contributed by atoms with Crippen LogP contribution in [-0.4, -0.2) is 33.2 Å². The minimum Gasteiger partial charge on any atom is -0.392 e. The molecule has 28 heavy (non-hydrogen) atoms. The second-order valence-corrected chi connectivity index (χ2v) is 9.21. The van der Waals surface area contributed by atoms with Crippen molar-refractivity contribution in [3.63, 3.8) is 0 Å². The third-order valence-electron chi connectivity index (χ3n) is 5.21. The summed E-state index contributed by atoms with van der Waals surface area (Å²) in [7, 11) is 0. The highest BCUT2D eigenvalue weighted by molar-refractivity contribution is 7.09. The lowest BCUT2D eigenvalue weighted by molar-refractivity contribution is -0.129. The molecule has 0 spiro atoms. The molecule has 1 heterocycles. The molecule has 1 aromatic rings. The van der Waals surface area contributed by atoms with Crippen molar-refractivity contribution in [2.75, 3.05) is 0 Å². The van der Waals surface area contributed by atoms with Crippen LogP contribution in [0.25, 0.3) is 6.08 Å². The lowest BCUT2D eigenvalue weighted by Crippen LogP contribution is -2.33. The van der Waals surface area contributed by atoms with E-state index in [4.69, 9.17) is 0 Å². The highest BCUT2D eigenvalue weighted by Crippen LogP contribution is 2.22. The molecular weight excluding hydrogens is 370 g/mol. The van der Waals surface area contributed by atoms with Gasteiger partial charge in [0.2, 0.25) is 0 Å². The minimum atomic E-state index is -0.581. The summed E-state index contributed by atoms with van der Waals surface area (Å²) in [5.41, 5.74) is 1.82. The summed E-state index contributed by atoms with van der Waals surface area (Å²) in [5.74, 6) is -0.117. The van der Waals surface area contributed by atoms with Gasteiger partial charge in [-0.15, -0.1) is 11.3 Å². The first kappa shape index (κ1) is 24.7. The molecule has 0 aliphatic heterocycles. The average Bonchev–Trinajstić information content (AvgIpc) is 3.06. The molecule has 5 heteroatoms. The van der Waals surface area contributed by atoms with Crippen molar-refractivity contribution in [1.82, 2.24) is 4.98 Å². The number of hydrogen-bond acceptors (Lipinski definition) is 5. The van der Waals surface area contributed by atoms with Gasteiger partial charge in [-0.3, -0.25) is 4.79 Å². The maximum absolute atomic E-state index is 12.0. The zero-order valence-corrected chi connectivity index (χ0v) is 19.0. The first-order valence-corrected chi connectivity index (χ1v) is 11.2. The molecule has 0 aliphatic rings. The Kier molecular flexibility index (Phi) is 10.9. The molecular formula is C23H37NO3S. The molecule has 158 valence electrons. The Morgan fingerprint density at radius 3 is 2.46 bits per heavy atom. The maximum atomic E-state index is 12.0. The van der Waals surface area contributed by atoms with E-state index in [9.17, 15) is 15.0 Å². The molecule has 0 radical (unpaired) electrons. The number of thiazole rings is 1. The summed E-state index contributed by atoms with van der Waals surface area (Å²) in [6.07, 6.45) is 8.29. The third-order valence-corrected chi connectivity index (χ3v) is 6.00. The van der Waals surface area contributed by atoms with Crippen molar-refractivity contribution in [3.05, 3.63) is 33.8 Å². The van der Waals surface area contributed by atoms with Gasteiger partial charge in [-0.2, -0.15) is 0 Å². The van der Waals surface area contributed by atoms with Crippen LogP contribution in [0.4, 0.5) is 0 Å². The van der Waals surface area contributed by atoms with E-state index in [-0.39, 0.29) is 23.5 Å². The second-order valence-electron chi connectivity index (χ2n) is 8.15. The Hall–Kier alpha value is -1.30. The van der Waals surface area contributed by atoms with E-state index in [2.05, 4.69) is 11.1 Å². The van der Waals surface area contributed by atoms with Gasteiger partial charge in [0, 0.05) is 17.2 Å². The molecule has 0 aromatic carbocycles. The predicted molar refractivity (Wildman–Crippen MR) is 118 cm³/mol. The van der Waals surface area contributed by atoms with Crippen LogP contribution in [0.15, 0.2) is 23.1 Å². The van der Waals surface area contributed by atoms with Gasteiger partial charge in [-0.05, 0) is 57.1 Å². The number of aryl methyl sites for hydroxylation is 1. The molecule has 0 fully saturated rings. The average molecular weight is 408 g/mol. The van der Waals surface area contributed by atoms with Crippen LogP contribution in [0.3, 0.4) is 0 Å². The van der Waals surface area contributed by atoms with Crippen molar-refractivity contribution < 1.29 is 15.0 Å². The lowest BCUT2D eigenvalue weighted by Gasteiger charge is -2.25. The van der Waals surface area contributed by atoms with E-state index < -0.39 is 12.2 Å². The molecule has 0 aliphatic carbocycles. The normalized spacial score (nSPS) is 17.1. The molecule has 1 unspecified atom stereocenters. The Bertz CT molecular complexity index is 663. The number of aliphatic hydroxyl groups excluding tert-OH is 2. The van der Waals surface area contributed by atoms with Crippen LogP contribution >= 0.6 is 11.3 Å². The molecule has 1 aromatic heterocycles. The first-order valence-electron chi connectivity index (χ1n) is 10.3. The fourth-order valence-corrected chi connectivity index (χ4v) is 3.79. The highest BCUT2D eigenvalue weighted by atomic mass is 32.1. The van der Waals surface area contributed by atoms with E-state index in [0.29, 0.717) is 6.42 Å². The van der Waals surface area contributed by atoms with Crippen molar-refractivity contribution in [2.24, 2.45) is 17.8 Å². The maximum Gasteiger partial charge on any atom is 0.140 e. The standard InChI is InChI=1S/C23H37NO3S/c1-15(2)22(26)18(5)23(27)16(3)11-9-7-8-10-12-21(25)17(4)13-20-14-28-19(6)24-20/h8,10,13-16,18,21,23,25,27H,7,9,11-12H2,1-6H3/b10-8-,17-13+/t16-,18-,21?,23-/m0/s1.